The molecule has 3 amide bonds. The normalized spacial score (nSPS) is 19.2. The Morgan fingerprint density at radius 1 is 0.909 bits per heavy atom. The van der Waals surface area contributed by atoms with Crippen LogP contribution in [0.3, 0.4) is 0 Å². The van der Waals surface area contributed by atoms with Crippen LogP contribution in [-0.4, -0.2) is 78.4 Å². The fraction of sp³-hybridized carbons (Fsp3) is 0.677. The number of esters is 1. The maximum absolute atomic E-state index is 13.6. The van der Waals surface area contributed by atoms with Gasteiger partial charge in [0.15, 0.2) is 0 Å². The van der Waals surface area contributed by atoms with E-state index in [2.05, 4.69) is 26.0 Å². The number of azide groups is 1. The highest BCUT2D eigenvalue weighted by Gasteiger charge is 2.61. The maximum atomic E-state index is 13.6. The summed E-state index contributed by atoms with van der Waals surface area (Å²) < 4.78 is 10.1. The van der Waals surface area contributed by atoms with E-state index in [4.69, 9.17) is 15.0 Å². The van der Waals surface area contributed by atoms with Gasteiger partial charge in [0.25, 0.3) is 0 Å². The molecule has 13 nitrogen and oxygen atoms in total. The van der Waals surface area contributed by atoms with E-state index >= 15 is 0 Å². The molecule has 0 aliphatic carbocycles. The van der Waals surface area contributed by atoms with Crippen molar-refractivity contribution in [2.75, 3.05) is 13.7 Å². The highest BCUT2D eigenvalue weighted by molar-refractivity contribution is 5.93. The van der Waals surface area contributed by atoms with Crippen LogP contribution in [0.2, 0.25) is 0 Å². The Hall–Kier alpha value is -3.67. The largest absolute Gasteiger partial charge is 0.467 e. The van der Waals surface area contributed by atoms with E-state index in [9.17, 15) is 24.3 Å². The van der Waals surface area contributed by atoms with Crippen LogP contribution >= 0.6 is 0 Å². The number of nitrogens with zero attached hydrogens (tertiary/aromatic N) is 3. The number of carbonyl (C=O) groups is 4. The van der Waals surface area contributed by atoms with Crippen molar-refractivity contribution in [3.63, 3.8) is 0 Å². The molecule has 1 heterocycles. The summed E-state index contributed by atoms with van der Waals surface area (Å²) in [6.07, 6.45) is -0.326. The zero-order valence-electron chi connectivity index (χ0n) is 26.8. The van der Waals surface area contributed by atoms with Gasteiger partial charge in [-0.1, -0.05) is 77.0 Å². The molecule has 2 rings (SSSR count). The van der Waals surface area contributed by atoms with E-state index < -0.39 is 59.6 Å². The quantitative estimate of drug-likeness (QED) is 0.0639. The second kappa shape index (κ2) is 17.0. The lowest BCUT2D eigenvalue weighted by Gasteiger charge is -2.31. The molecule has 0 unspecified atom stereocenters. The molecule has 1 fully saturated rings. The third kappa shape index (κ3) is 10.8. The van der Waals surface area contributed by atoms with Crippen LogP contribution in [0.25, 0.3) is 10.4 Å². The van der Waals surface area contributed by atoms with Crippen molar-refractivity contribution in [3.8, 4) is 0 Å². The second-order valence-corrected chi connectivity index (χ2v) is 12.7. The molecule has 0 aromatic heterocycles. The predicted molar refractivity (Wildman–Crippen MR) is 164 cm³/mol. The average Bonchev–Trinajstić information content (AvgIpc) is 3.77. The molecule has 44 heavy (non-hydrogen) atoms. The number of benzene rings is 1. The van der Waals surface area contributed by atoms with Crippen molar-refractivity contribution in [3.05, 3.63) is 46.3 Å². The van der Waals surface area contributed by atoms with Crippen molar-refractivity contribution in [2.24, 2.45) is 22.9 Å². The van der Waals surface area contributed by atoms with Gasteiger partial charge in [-0.2, -0.15) is 0 Å². The molecule has 244 valence electrons. The van der Waals surface area contributed by atoms with E-state index in [1.165, 1.54) is 7.11 Å². The van der Waals surface area contributed by atoms with Crippen molar-refractivity contribution in [2.45, 2.75) is 103 Å². The Morgan fingerprint density at radius 3 is 1.86 bits per heavy atom. The molecule has 1 aromatic rings. The summed E-state index contributed by atoms with van der Waals surface area (Å²) in [6.45, 7) is 11.4. The number of aliphatic hydroxyl groups is 1. The summed E-state index contributed by atoms with van der Waals surface area (Å²) in [6, 6.07) is 5.15. The van der Waals surface area contributed by atoms with Gasteiger partial charge >= 0.3 is 5.97 Å². The minimum Gasteiger partial charge on any atom is -0.467 e. The average molecular weight is 617 g/mol. The summed E-state index contributed by atoms with van der Waals surface area (Å²) in [5, 5.41) is 23.1. The first kappa shape index (κ1) is 36.5. The van der Waals surface area contributed by atoms with Gasteiger partial charge in [0, 0.05) is 4.91 Å². The smallest absolute Gasteiger partial charge is 0.343 e. The lowest BCUT2D eigenvalue weighted by Crippen LogP contribution is -2.59. The Balaban J connectivity index is 2.24. The van der Waals surface area contributed by atoms with Crippen LogP contribution in [0.15, 0.2) is 35.4 Å². The van der Waals surface area contributed by atoms with Gasteiger partial charge in [-0.15, -0.1) is 0 Å². The topological polar surface area (TPSA) is 195 Å². The Kier molecular flexibility index (Phi) is 14.1. The molecule has 1 aromatic carbocycles. The molecule has 4 N–H and O–H groups in total. The van der Waals surface area contributed by atoms with Crippen molar-refractivity contribution >= 4 is 23.7 Å². The monoisotopic (exact) mass is 616 g/mol. The maximum Gasteiger partial charge on any atom is 0.343 e. The number of epoxide rings is 1. The van der Waals surface area contributed by atoms with E-state index in [0.717, 1.165) is 5.56 Å². The van der Waals surface area contributed by atoms with Gasteiger partial charge < -0.3 is 30.5 Å². The summed E-state index contributed by atoms with van der Waals surface area (Å²) in [5.41, 5.74) is 8.33. The molecule has 1 saturated heterocycles. The van der Waals surface area contributed by atoms with Crippen molar-refractivity contribution < 1.29 is 33.8 Å². The predicted octanol–water partition coefficient (Wildman–Crippen LogP) is 2.80. The van der Waals surface area contributed by atoms with Gasteiger partial charge in [0.05, 0.1) is 19.8 Å². The zero-order valence-corrected chi connectivity index (χ0v) is 26.8. The third-order valence-corrected chi connectivity index (χ3v) is 7.34. The lowest BCUT2D eigenvalue weighted by atomic mass is 9.90. The first-order valence-electron chi connectivity index (χ1n) is 15.1. The van der Waals surface area contributed by atoms with E-state index in [1.54, 1.807) is 0 Å². The molecule has 1 aliphatic heterocycles. The molecular formula is C31H48N6O7. The number of hydrogen-bond donors (Lipinski definition) is 4. The summed E-state index contributed by atoms with van der Waals surface area (Å²) >= 11 is 0. The molecule has 6 atom stereocenters. The van der Waals surface area contributed by atoms with Crippen molar-refractivity contribution in [1.29, 1.82) is 0 Å². The van der Waals surface area contributed by atoms with Crippen LogP contribution in [0.5, 0.6) is 0 Å². The molecule has 0 radical (unpaired) electrons. The standard InChI is InChI=1S/C31H48N6O7/c1-18(2)13-22(26(38)31(17-44-31)30(42)43-7)33-27(39)23(14-19(3)4)34-28(40)24(15-20(5)6)35-29(41)25(36-37-32)16-21-11-9-8-10-12-21/h8-12,18-20,22-26,38H,13-17H2,1-7H3,(H,33,39)(H,34,40)(H,35,41)/t22-,23-,24-,25-,26+,31+/m0/s1. The third-order valence-electron chi connectivity index (χ3n) is 7.34. The number of aliphatic hydroxyl groups excluding tert-OH is 1. The number of methoxy groups -OCH3 is 1. The Labute approximate surface area is 259 Å². The SMILES string of the molecule is COC(=O)[C@]1([C@H](O)[C@H](CC(C)C)NC(=O)[C@H](CC(C)C)NC(=O)[C@H](CC(C)C)NC(=O)[C@H](Cc2ccccc2)N=[N+]=[N-])CO1. The molecule has 0 bridgehead atoms. The van der Waals surface area contributed by atoms with Crippen LogP contribution in [0.4, 0.5) is 0 Å². The number of rotatable bonds is 18. The van der Waals surface area contributed by atoms with Gasteiger partial charge in [-0.05, 0) is 54.5 Å². The molecule has 0 saturated carbocycles. The molecule has 0 spiro atoms. The number of hydrogen-bond acceptors (Lipinski definition) is 8. The lowest BCUT2D eigenvalue weighted by molar-refractivity contribution is -0.153. The van der Waals surface area contributed by atoms with Gasteiger partial charge in [0.1, 0.15) is 24.2 Å². The minimum atomic E-state index is -1.55. The second-order valence-electron chi connectivity index (χ2n) is 12.7. The minimum absolute atomic E-state index is 0.00561. The van der Waals surface area contributed by atoms with Crippen LogP contribution in [-0.2, 0) is 35.1 Å². The number of carbonyl (C=O) groups excluding carboxylic acids is 4. The Bertz CT molecular complexity index is 1170. The van der Waals surface area contributed by atoms with E-state index in [0.29, 0.717) is 6.42 Å². The fourth-order valence-corrected chi connectivity index (χ4v) is 5.07. The summed E-state index contributed by atoms with van der Waals surface area (Å²) in [4.78, 5) is 55.6. The van der Waals surface area contributed by atoms with Crippen LogP contribution in [0, 0.1) is 17.8 Å². The number of nitrogens with one attached hydrogen (secondary N) is 3. The Morgan fingerprint density at radius 2 is 1.41 bits per heavy atom. The fourth-order valence-electron chi connectivity index (χ4n) is 5.07. The van der Waals surface area contributed by atoms with E-state index in [-0.39, 0.29) is 43.6 Å². The van der Waals surface area contributed by atoms with Crippen LogP contribution in [0.1, 0.15) is 66.4 Å². The summed E-state index contributed by atoms with van der Waals surface area (Å²) in [7, 11) is 1.20. The number of ether oxygens (including phenoxy) is 2. The molecule has 13 heteroatoms. The van der Waals surface area contributed by atoms with Gasteiger partial charge in [-0.3, -0.25) is 14.4 Å². The van der Waals surface area contributed by atoms with E-state index in [1.807, 2.05) is 71.9 Å². The summed E-state index contributed by atoms with van der Waals surface area (Å²) in [5.74, 6) is -2.37. The first-order chi connectivity index (χ1) is 20.7. The van der Waals surface area contributed by atoms with Gasteiger partial charge in [-0.25, -0.2) is 4.79 Å². The molecular weight excluding hydrogens is 568 g/mol. The van der Waals surface area contributed by atoms with Crippen molar-refractivity contribution in [1.82, 2.24) is 16.0 Å². The highest BCUT2D eigenvalue weighted by atomic mass is 16.7. The van der Waals surface area contributed by atoms with Gasteiger partial charge in [0.2, 0.25) is 23.3 Å². The number of amides is 3. The zero-order chi connectivity index (χ0) is 33.0. The highest BCUT2D eigenvalue weighted by Crippen LogP contribution is 2.35. The molecule has 1 aliphatic rings. The van der Waals surface area contributed by atoms with Crippen LogP contribution < -0.4 is 16.0 Å². The first-order valence-corrected chi connectivity index (χ1v) is 15.1.